The summed E-state index contributed by atoms with van der Waals surface area (Å²) in [6, 6.07) is 4.97. The van der Waals surface area contributed by atoms with E-state index in [1.165, 1.54) is 6.07 Å². The lowest BCUT2D eigenvalue weighted by molar-refractivity contribution is -0.137. The summed E-state index contributed by atoms with van der Waals surface area (Å²) < 4.78 is 44.1. The summed E-state index contributed by atoms with van der Waals surface area (Å²) in [5.41, 5.74) is -0.140. The normalized spacial score (nSPS) is 24.8. The van der Waals surface area contributed by atoms with Gasteiger partial charge < -0.3 is 9.63 Å². The van der Waals surface area contributed by atoms with Crippen LogP contribution in [0.15, 0.2) is 28.8 Å². The van der Waals surface area contributed by atoms with Crippen LogP contribution in [0.4, 0.5) is 13.2 Å². The van der Waals surface area contributed by atoms with Crippen molar-refractivity contribution in [2.24, 2.45) is 0 Å². The van der Waals surface area contributed by atoms with Gasteiger partial charge >= 0.3 is 6.18 Å². The van der Waals surface area contributed by atoms with Gasteiger partial charge in [-0.2, -0.15) is 18.2 Å². The number of hydrogen-bond acceptors (Lipinski definition) is 5. The summed E-state index contributed by atoms with van der Waals surface area (Å²) in [4.78, 5) is 6.27. The van der Waals surface area contributed by atoms with Crippen molar-refractivity contribution in [3.8, 4) is 0 Å². The van der Waals surface area contributed by atoms with Crippen LogP contribution in [0.2, 0.25) is 0 Å². The Hall–Kier alpha value is -1.93. The number of halogens is 3. The smallest absolute Gasteiger partial charge is 0.392 e. The van der Waals surface area contributed by atoms with E-state index in [0.29, 0.717) is 42.7 Å². The maximum atomic E-state index is 13.0. The molecule has 1 N–H and O–H groups in total. The zero-order chi connectivity index (χ0) is 17.6. The van der Waals surface area contributed by atoms with Crippen molar-refractivity contribution in [2.45, 2.75) is 50.0 Å². The Kier molecular flexibility index (Phi) is 4.04. The van der Waals surface area contributed by atoms with E-state index in [1.54, 1.807) is 6.07 Å². The Bertz CT molecular complexity index is 758. The van der Waals surface area contributed by atoms with Crippen LogP contribution in [0.3, 0.4) is 0 Å². The van der Waals surface area contributed by atoms with Crippen LogP contribution in [-0.4, -0.2) is 32.8 Å². The van der Waals surface area contributed by atoms with E-state index in [2.05, 4.69) is 10.1 Å². The minimum Gasteiger partial charge on any atom is -0.392 e. The number of likely N-dealkylation sites (tertiary alicyclic amines) is 1. The Morgan fingerprint density at radius 2 is 2.08 bits per heavy atom. The number of aliphatic hydroxyl groups is 1. The van der Waals surface area contributed by atoms with E-state index in [1.807, 2.05) is 4.90 Å². The van der Waals surface area contributed by atoms with Crippen LogP contribution in [-0.2, 0) is 12.7 Å². The van der Waals surface area contributed by atoms with Crippen molar-refractivity contribution in [1.82, 2.24) is 15.0 Å². The van der Waals surface area contributed by atoms with Gasteiger partial charge in [0.05, 0.1) is 18.2 Å². The van der Waals surface area contributed by atoms with E-state index in [-0.39, 0.29) is 6.04 Å². The first-order valence-electron chi connectivity index (χ1n) is 8.32. The average molecular weight is 353 g/mol. The molecule has 2 aromatic rings. The summed E-state index contributed by atoms with van der Waals surface area (Å²) in [5, 5.41) is 14.0. The van der Waals surface area contributed by atoms with Gasteiger partial charge in [-0.05, 0) is 37.0 Å². The van der Waals surface area contributed by atoms with E-state index < -0.39 is 17.8 Å². The molecule has 1 saturated carbocycles. The lowest BCUT2D eigenvalue weighted by Crippen LogP contribution is -2.25. The molecule has 0 unspecified atom stereocenters. The van der Waals surface area contributed by atoms with E-state index in [9.17, 15) is 18.3 Å². The second-order valence-electron chi connectivity index (χ2n) is 6.78. The Labute approximate surface area is 142 Å². The standard InChI is InChI=1S/C17H18F3N3O2/c18-17(19,20)12-3-1-2-11(6-12)14-7-13(24)8-23(14)9-15-21-16(25-22-15)10-4-5-10/h1-3,6,10,13-14,24H,4-5,7-9H2/t13-,14-/m1/s1. The third kappa shape index (κ3) is 3.55. The Balaban J connectivity index is 1.54. The highest BCUT2D eigenvalue weighted by Crippen LogP contribution is 2.40. The molecule has 1 aromatic carbocycles. The average Bonchev–Trinajstić information content (AvgIpc) is 3.20. The van der Waals surface area contributed by atoms with Crippen molar-refractivity contribution in [1.29, 1.82) is 0 Å². The van der Waals surface area contributed by atoms with Crippen molar-refractivity contribution in [2.75, 3.05) is 6.54 Å². The van der Waals surface area contributed by atoms with Crippen LogP contribution in [0.1, 0.15) is 54.1 Å². The summed E-state index contributed by atoms with van der Waals surface area (Å²) >= 11 is 0. The van der Waals surface area contributed by atoms with Crippen LogP contribution >= 0.6 is 0 Å². The molecule has 0 bridgehead atoms. The highest BCUT2D eigenvalue weighted by molar-refractivity contribution is 5.29. The summed E-state index contributed by atoms with van der Waals surface area (Å²) in [6.45, 7) is 0.711. The molecule has 2 fully saturated rings. The maximum absolute atomic E-state index is 13.0. The fourth-order valence-corrected chi connectivity index (χ4v) is 3.33. The van der Waals surface area contributed by atoms with Gasteiger partial charge in [0.2, 0.25) is 5.89 Å². The van der Waals surface area contributed by atoms with Gasteiger partial charge in [0.15, 0.2) is 5.82 Å². The Morgan fingerprint density at radius 3 is 2.80 bits per heavy atom. The molecule has 1 aliphatic carbocycles. The number of aromatic nitrogens is 2. The summed E-state index contributed by atoms with van der Waals surface area (Å²) in [5.74, 6) is 1.49. The largest absolute Gasteiger partial charge is 0.416 e. The Morgan fingerprint density at radius 1 is 1.28 bits per heavy atom. The monoisotopic (exact) mass is 353 g/mol. The van der Waals surface area contributed by atoms with Gasteiger partial charge in [-0.25, -0.2) is 0 Å². The zero-order valence-corrected chi connectivity index (χ0v) is 13.4. The van der Waals surface area contributed by atoms with E-state index >= 15 is 0 Å². The molecule has 1 saturated heterocycles. The van der Waals surface area contributed by atoms with Crippen molar-refractivity contribution in [3.63, 3.8) is 0 Å². The quantitative estimate of drug-likeness (QED) is 0.914. The topological polar surface area (TPSA) is 62.4 Å². The lowest BCUT2D eigenvalue weighted by Gasteiger charge is -2.23. The second kappa shape index (κ2) is 6.10. The SMILES string of the molecule is O[C@@H]1C[C@H](c2cccc(C(F)(F)F)c2)N(Cc2noc(C3CC3)n2)C1. The lowest BCUT2D eigenvalue weighted by atomic mass is 10.0. The van der Waals surface area contributed by atoms with Crippen LogP contribution < -0.4 is 0 Å². The molecular weight excluding hydrogens is 335 g/mol. The van der Waals surface area contributed by atoms with Crippen LogP contribution in [0.25, 0.3) is 0 Å². The molecule has 134 valence electrons. The van der Waals surface area contributed by atoms with Gasteiger partial charge in [0.25, 0.3) is 0 Å². The molecule has 0 radical (unpaired) electrons. The fourth-order valence-electron chi connectivity index (χ4n) is 3.33. The third-order valence-electron chi connectivity index (χ3n) is 4.73. The van der Waals surface area contributed by atoms with Gasteiger partial charge in [-0.3, -0.25) is 4.90 Å². The number of benzene rings is 1. The van der Waals surface area contributed by atoms with Crippen molar-refractivity contribution >= 4 is 0 Å². The van der Waals surface area contributed by atoms with Crippen LogP contribution in [0, 0.1) is 0 Å². The van der Waals surface area contributed by atoms with Gasteiger partial charge in [-0.1, -0.05) is 17.3 Å². The number of aliphatic hydroxyl groups excluding tert-OH is 1. The second-order valence-corrected chi connectivity index (χ2v) is 6.78. The first kappa shape index (κ1) is 16.5. The van der Waals surface area contributed by atoms with Gasteiger partial charge in [0.1, 0.15) is 0 Å². The number of alkyl halides is 3. The van der Waals surface area contributed by atoms with Gasteiger partial charge in [0, 0.05) is 18.5 Å². The minimum absolute atomic E-state index is 0.305. The number of hydrogen-bond donors (Lipinski definition) is 1. The third-order valence-corrected chi connectivity index (χ3v) is 4.73. The predicted octanol–water partition coefficient (Wildman–Crippen LogP) is 3.27. The first-order valence-corrected chi connectivity index (χ1v) is 8.32. The minimum atomic E-state index is -4.38. The number of nitrogens with zero attached hydrogens (tertiary/aromatic N) is 3. The molecule has 0 spiro atoms. The maximum Gasteiger partial charge on any atom is 0.416 e. The number of β-amino-alcohol motifs (C(OH)–C–C–N with tert-alkyl or cyclic N) is 1. The van der Waals surface area contributed by atoms with Crippen molar-refractivity contribution in [3.05, 3.63) is 47.1 Å². The molecule has 25 heavy (non-hydrogen) atoms. The first-order chi connectivity index (χ1) is 11.9. The summed E-state index contributed by atoms with van der Waals surface area (Å²) in [6.07, 6.45) is -2.48. The molecule has 0 amide bonds. The highest BCUT2D eigenvalue weighted by Gasteiger charge is 2.36. The molecule has 1 aromatic heterocycles. The highest BCUT2D eigenvalue weighted by atomic mass is 19.4. The van der Waals surface area contributed by atoms with Crippen molar-refractivity contribution < 1.29 is 22.8 Å². The molecular formula is C17H18F3N3O2. The molecule has 5 nitrogen and oxygen atoms in total. The van der Waals surface area contributed by atoms with Crippen LogP contribution in [0.5, 0.6) is 0 Å². The molecule has 2 heterocycles. The molecule has 1 aliphatic heterocycles. The van der Waals surface area contributed by atoms with Gasteiger partial charge in [-0.15, -0.1) is 0 Å². The predicted molar refractivity (Wildman–Crippen MR) is 81.5 cm³/mol. The van der Waals surface area contributed by atoms with E-state index in [4.69, 9.17) is 4.52 Å². The molecule has 2 atom stereocenters. The zero-order valence-electron chi connectivity index (χ0n) is 13.4. The molecule has 2 aliphatic rings. The molecule has 4 rings (SSSR count). The van der Waals surface area contributed by atoms with E-state index in [0.717, 1.165) is 25.0 Å². The summed E-state index contributed by atoms with van der Waals surface area (Å²) in [7, 11) is 0. The number of rotatable bonds is 4. The molecule has 8 heteroatoms. The fraction of sp³-hybridized carbons (Fsp3) is 0.529.